The van der Waals surface area contributed by atoms with Gasteiger partial charge >= 0.3 is 0 Å². The number of piperidine rings is 1. The molecule has 0 bridgehead atoms. The average molecular weight is 308 g/mol. The van der Waals surface area contributed by atoms with Crippen LogP contribution in [0.2, 0.25) is 0 Å². The first-order valence-electron chi connectivity index (χ1n) is 7.91. The van der Waals surface area contributed by atoms with E-state index in [1.54, 1.807) is 18.6 Å². The van der Waals surface area contributed by atoms with Gasteiger partial charge < -0.3 is 4.90 Å². The standard InChI is InChI=1S/C18H20N4O/c23-18(22-12-2-1-3-13-22)16-4-6-17(7-5-16)21-20-14-15-8-10-19-11-9-15/h4-11,14,21H,1-3,12-13H2/b20-14+. The quantitative estimate of drug-likeness (QED) is 0.697. The molecule has 0 aliphatic carbocycles. The van der Waals surface area contributed by atoms with Gasteiger partial charge in [-0.15, -0.1) is 0 Å². The number of rotatable bonds is 4. The van der Waals surface area contributed by atoms with Crippen LogP contribution in [0.1, 0.15) is 35.2 Å². The molecule has 118 valence electrons. The van der Waals surface area contributed by atoms with Crippen molar-refractivity contribution in [3.8, 4) is 0 Å². The van der Waals surface area contributed by atoms with Crippen LogP contribution in [0.5, 0.6) is 0 Å². The highest BCUT2D eigenvalue weighted by molar-refractivity contribution is 5.94. The number of likely N-dealkylation sites (tertiary alicyclic amines) is 1. The van der Waals surface area contributed by atoms with Gasteiger partial charge in [-0.25, -0.2) is 0 Å². The number of carbonyl (C=O) groups excluding carboxylic acids is 1. The van der Waals surface area contributed by atoms with Crippen LogP contribution >= 0.6 is 0 Å². The fourth-order valence-corrected chi connectivity index (χ4v) is 2.60. The minimum Gasteiger partial charge on any atom is -0.339 e. The van der Waals surface area contributed by atoms with Crippen molar-refractivity contribution in [1.29, 1.82) is 0 Å². The molecule has 0 unspecified atom stereocenters. The first-order chi connectivity index (χ1) is 11.3. The number of nitrogens with zero attached hydrogens (tertiary/aromatic N) is 3. The first kappa shape index (κ1) is 15.2. The van der Waals surface area contributed by atoms with Gasteiger partial charge in [0.25, 0.3) is 5.91 Å². The molecule has 2 heterocycles. The topological polar surface area (TPSA) is 57.6 Å². The molecule has 1 aliphatic rings. The Morgan fingerprint density at radius 1 is 1.04 bits per heavy atom. The minimum absolute atomic E-state index is 0.122. The second kappa shape index (κ2) is 7.54. The average Bonchev–Trinajstić information content (AvgIpc) is 2.63. The maximum absolute atomic E-state index is 12.4. The number of amides is 1. The summed E-state index contributed by atoms with van der Waals surface area (Å²) in [4.78, 5) is 18.3. The number of pyridine rings is 1. The van der Waals surface area contributed by atoms with Crippen LogP contribution < -0.4 is 5.43 Å². The van der Waals surface area contributed by atoms with E-state index in [0.29, 0.717) is 0 Å². The number of aromatic nitrogens is 1. The van der Waals surface area contributed by atoms with Crippen molar-refractivity contribution in [3.63, 3.8) is 0 Å². The van der Waals surface area contributed by atoms with Crippen LogP contribution in [0.3, 0.4) is 0 Å². The summed E-state index contributed by atoms with van der Waals surface area (Å²) in [5.74, 6) is 0.122. The van der Waals surface area contributed by atoms with Crippen molar-refractivity contribution < 1.29 is 4.79 Å². The van der Waals surface area contributed by atoms with Gasteiger partial charge in [-0.2, -0.15) is 5.10 Å². The van der Waals surface area contributed by atoms with E-state index in [9.17, 15) is 4.79 Å². The fourth-order valence-electron chi connectivity index (χ4n) is 2.60. The Morgan fingerprint density at radius 3 is 2.43 bits per heavy atom. The van der Waals surface area contributed by atoms with Gasteiger partial charge in [0.15, 0.2) is 0 Å². The fraction of sp³-hybridized carbons (Fsp3) is 0.278. The molecular formula is C18H20N4O. The van der Waals surface area contributed by atoms with Crippen molar-refractivity contribution in [2.24, 2.45) is 5.10 Å². The van der Waals surface area contributed by atoms with Crippen molar-refractivity contribution in [2.75, 3.05) is 18.5 Å². The lowest BCUT2D eigenvalue weighted by Gasteiger charge is -2.26. The van der Waals surface area contributed by atoms with Crippen LogP contribution in [-0.2, 0) is 0 Å². The molecule has 1 fully saturated rings. The molecule has 1 aromatic carbocycles. The second-order valence-corrected chi connectivity index (χ2v) is 5.58. The molecule has 5 nitrogen and oxygen atoms in total. The van der Waals surface area contributed by atoms with E-state index in [-0.39, 0.29) is 5.91 Å². The molecule has 0 spiro atoms. The van der Waals surface area contributed by atoms with E-state index in [4.69, 9.17) is 0 Å². The predicted molar refractivity (Wildman–Crippen MR) is 91.7 cm³/mol. The molecule has 3 rings (SSSR count). The van der Waals surface area contributed by atoms with Crippen LogP contribution in [0, 0.1) is 0 Å². The van der Waals surface area contributed by atoms with Crippen LogP contribution in [-0.4, -0.2) is 35.1 Å². The van der Waals surface area contributed by atoms with E-state index in [0.717, 1.165) is 42.7 Å². The van der Waals surface area contributed by atoms with Gasteiger partial charge in [-0.05, 0) is 61.2 Å². The zero-order valence-corrected chi connectivity index (χ0v) is 13.0. The molecule has 1 N–H and O–H groups in total. The SMILES string of the molecule is O=C(c1ccc(N/N=C/c2ccncc2)cc1)N1CCCCC1. The molecule has 0 radical (unpaired) electrons. The van der Waals surface area contributed by atoms with Crippen LogP contribution in [0.15, 0.2) is 53.9 Å². The zero-order valence-electron chi connectivity index (χ0n) is 13.0. The molecule has 1 saturated heterocycles. The highest BCUT2D eigenvalue weighted by Crippen LogP contribution is 2.15. The van der Waals surface area contributed by atoms with E-state index in [1.807, 2.05) is 41.3 Å². The highest BCUT2D eigenvalue weighted by Gasteiger charge is 2.17. The summed E-state index contributed by atoms with van der Waals surface area (Å²) in [6.07, 6.45) is 8.62. The monoisotopic (exact) mass is 308 g/mol. The molecule has 0 atom stereocenters. The van der Waals surface area contributed by atoms with E-state index in [1.165, 1.54) is 6.42 Å². The smallest absolute Gasteiger partial charge is 0.253 e. The maximum atomic E-state index is 12.4. The van der Waals surface area contributed by atoms with E-state index < -0.39 is 0 Å². The Labute approximate surface area is 136 Å². The summed E-state index contributed by atoms with van der Waals surface area (Å²) >= 11 is 0. The van der Waals surface area contributed by atoms with Crippen molar-refractivity contribution in [1.82, 2.24) is 9.88 Å². The Morgan fingerprint density at radius 2 is 1.74 bits per heavy atom. The molecule has 0 saturated carbocycles. The Balaban J connectivity index is 1.58. The number of benzene rings is 1. The van der Waals surface area contributed by atoms with E-state index >= 15 is 0 Å². The number of carbonyl (C=O) groups is 1. The first-order valence-corrected chi connectivity index (χ1v) is 7.91. The predicted octanol–water partition coefficient (Wildman–Crippen LogP) is 3.15. The van der Waals surface area contributed by atoms with E-state index in [2.05, 4.69) is 15.5 Å². The molecule has 2 aromatic rings. The lowest BCUT2D eigenvalue weighted by atomic mass is 10.1. The third-order valence-corrected chi connectivity index (χ3v) is 3.89. The number of hydrogen-bond acceptors (Lipinski definition) is 4. The maximum Gasteiger partial charge on any atom is 0.253 e. The minimum atomic E-state index is 0.122. The summed E-state index contributed by atoms with van der Waals surface area (Å²) in [7, 11) is 0. The summed E-state index contributed by atoms with van der Waals surface area (Å²) in [5, 5.41) is 4.18. The van der Waals surface area contributed by atoms with Gasteiger partial charge in [-0.3, -0.25) is 15.2 Å². The molecule has 1 amide bonds. The van der Waals surface area contributed by atoms with Crippen molar-refractivity contribution in [3.05, 3.63) is 59.9 Å². The molecule has 23 heavy (non-hydrogen) atoms. The molecular weight excluding hydrogens is 288 g/mol. The van der Waals surface area contributed by atoms with Gasteiger partial charge in [0, 0.05) is 31.0 Å². The lowest BCUT2D eigenvalue weighted by molar-refractivity contribution is 0.0724. The third-order valence-electron chi connectivity index (χ3n) is 3.89. The second-order valence-electron chi connectivity index (χ2n) is 5.58. The van der Waals surface area contributed by atoms with Crippen LogP contribution in [0.25, 0.3) is 0 Å². The van der Waals surface area contributed by atoms with Crippen molar-refractivity contribution in [2.45, 2.75) is 19.3 Å². The summed E-state index contributed by atoms with van der Waals surface area (Å²) in [5.41, 5.74) is 5.52. The zero-order chi connectivity index (χ0) is 15.9. The normalized spacial score (nSPS) is 14.9. The summed E-state index contributed by atoms with van der Waals surface area (Å²) in [6.45, 7) is 1.74. The van der Waals surface area contributed by atoms with Gasteiger partial charge in [0.05, 0.1) is 11.9 Å². The Kier molecular flexibility index (Phi) is 4.99. The number of hydrazone groups is 1. The third kappa shape index (κ3) is 4.16. The number of nitrogens with one attached hydrogen (secondary N) is 1. The van der Waals surface area contributed by atoms with Crippen LogP contribution in [0.4, 0.5) is 5.69 Å². The summed E-state index contributed by atoms with van der Waals surface area (Å²) in [6, 6.07) is 11.2. The Bertz CT molecular complexity index is 661. The Hall–Kier alpha value is -2.69. The molecule has 5 heteroatoms. The largest absolute Gasteiger partial charge is 0.339 e. The van der Waals surface area contributed by atoms with Gasteiger partial charge in [0.1, 0.15) is 0 Å². The number of anilines is 1. The lowest BCUT2D eigenvalue weighted by Crippen LogP contribution is -2.35. The summed E-state index contributed by atoms with van der Waals surface area (Å²) < 4.78 is 0. The number of hydrogen-bond donors (Lipinski definition) is 1. The molecule has 1 aromatic heterocycles. The highest BCUT2D eigenvalue weighted by atomic mass is 16.2. The van der Waals surface area contributed by atoms with Gasteiger partial charge in [-0.1, -0.05) is 0 Å². The van der Waals surface area contributed by atoms with Gasteiger partial charge in [0.2, 0.25) is 0 Å². The molecule has 1 aliphatic heterocycles. The van der Waals surface area contributed by atoms with Crippen molar-refractivity contribution >= 4 is 17.8 Å².